The highest BCUT2D eigenvalue weighted by molar-refractivity contribution is 6.31. The first kappa shape index (κ1) is 12.7. The number of halogens is 2. The van der Waals surface area contributed by atoms with E-state index >= 15 is 0 Å². The van der Waals surface area contributed by atoms with Gasteiger partial charge in [-0.05, 0) is 18.2 Å². The minimum absolute atomic E-state index is 0.169. The van der Waals surface area contributed by atoms with Crippen LogP contribution in [-0.4, -0.2) is 5.78 Å². The van der Waals surface area contributed by atoms with Gasteiger partial charge < -0.3 is 0 Å². The molecule has 0 heterocycles. The summed E-state index contributed by atoms with van der Waals surface area (Å²) in [4.78, 5) is 12.3. The number of hydrogen-bond acceptors (Lipinski definition) is 3. The third kappa shape index (κ3) is 2.75. The van der Waals surface area contributed by atoms with Crippen LogP contribution in [0.3, 0.4) is 0 Å². The molecule has 2 rings (SSSR count). The highest BCUT2D eigenvalue weighted by atomic mass is 35.5. The lowest BCUT2D eigenvalue weighted by atomic mass is 10.0. The number of benzene rings is 2. The lowest BCUT2D eigenvalue weighted by molar-refractivity contribution is 0.103. The lowest BCUT2D eigenvalue weighted by Gasteiger charge is -2.04. The van der Waals surface area contributed by atoms with Crippen molar-refractivity contribution in [2.24, 2.45) is 9.75 Å². The molecule has 0 saturated heterocycles. The molecule has 0 aliphatic heterocycles. The summed E-state index contributed by atoms with van der Waals surface area (Å²) in [7, 11) is 0. The average Bonchev–Trinajstić information content (AvgIpc) is 2.41. The van der Waals surface area contributed by atoms with E-state index in [1.807, 2.05) is 6.07 Å². The lowest BCUT2D eigenvalue weighted by Crippen LogP contribution is -2.01. The summed E-state index contributed by atoms with van der Waals surface area (Å²) >= 11 is 11.1. The quantitative estimate of drug-likeness (QED) is 0.587. The number of rotatable bonds is 3. The van der Waals surface area contributed by atoms with Gasteiger partial charge >= 0.3 is 0 Å². The molecule has 2 aromatic carbocycles. The monoisotopic (exact) mass is 278 g/mol. The molecule has 5 heteroatoms. The zero-order chi connectivity index (χ0) is 13.0. The maximum Gasteiger partial charge on any atom is 0.195 e. The molecular weight excluding hydrogens is 271 g/mol. The standard InChI is InChI=1S/C13H8Cl2N2O/c14-10-6-7-12(16-17-15)11(8-10)13(18)9-4-2-1-3-5-9/h1-8H/b17-16+. The second-order valence-corrected chi connectivity index (χ2v) is 4.12. The van der Waals surface area contributed by atoms with Gasteiger partial charge in [-0.2, -0.15) is 0 Å². The van der Waals surface area contributed by atoms with E-state index in [-0.39, 0.29) is 5.78 Å². The average molecular weight is 279 g/mol. The van der Waals surface area contributed by atoms with Gasteiger partial charge in [0.05, 0.1) is 23.0 Å². The van der Waals surface area contributed by atoms with Crippen molar-refractivity contribution in [1.82, 2.24) is 0 Å². The maximum atomic E-state index is 12.3. The summed E-state index contributed by atoms with van der Waals surface area (Å²) in [6.07, 6.45) is 0. The van der Waals surface area contributed by atoms with Crippen molar-refractivity contribution in [1.29, 1.82) is 0 Å². The normalized spacial score (nSPS) is 10.8. The third-order valence-corrected chi connectivity index (χ3v) is 2.70. The van der Waals surface area contributed by atoms with Gasteiger partial charge in [-0.1, -0.05) is 46.6 Å². The largest absolute Gasteiger partial charge is 0.289 e. The van der Waals surface area contributed by atoms with Crippen molar-refractivity contribution in [3.63, 3.8) is 0 Å². The summed E-state index contributed by atoms with van der Waals surface area (Å²) in [5, 5.41) is 4.17. The Balaban J connectivity index is 2.50. The van der Waals surface area contributed by atoms with E-state index in [4.69, 9.17) is 23.4 Å². The van der Waals surface area contributed by atoms with Crippen LogP contribution in [0.4, 0.5) is 5.69 Å². The van der Waals surface area contributed by atoms with Gasteiger partial charge in [-0.25, -0.2) is 0 Å². The van der Waals surface area contributed by atoms with Crippen LogP contribution in [0, 0.1) is 0 Å². The number of nitrogens with zero attached hydrogens (tertiary/aromatic N) is 2. The van der Waals surface area contributed by atoms with Crippen molar-refractivity contribution in [2.45, 2.75) is 0 Å². The van der Waals surface area contributed by atoms with Gasteiger partial charge in [0.25, 0.3) is 0 Å². The van der Waals surface area contributed by atoms with Crippen LogP contribution in [0.2, 0.25) is 5.02 Å². The maximum absolute atomic E-state index is 12.3. The Kier molecular flexibility index (Phi) is 4.07. The van der Waals surface area contributed by atoms with E-state index in [2.05, 4.69) is 9.75 Å². The van der Waals surface area contributed by atoms with Crippen LogP contribution >= 0.6 is 23.4 Å². The number of hydrogen-bond donors (Lipinski definition) is 0. The number of carbonyl (C=O) groups is 1. The van der Waals surface area contributed by atoms with Gasteiger partial charge in [0, 0.05) is 10.6 Å². The summed E-state index contributed by atoms with van der Waals surface area (Å²) < 4.78 is 3.17. The molecule has 18 heavy (non-hydrogen) atoms. The number of ketones is 1. The first-order valence-corrected chi connectivity index (χ1v) is 5.85. The van der Waals surface area contributed by atoms with Crippen molar-refractivity contribution in [2.75, 3.05) is 0 Å². The van der Waals surface area contributed by atoms with Gasteiger partial charge in [0.2, 0.25) is 0 Å². The van der Waals surface area contributed by atoms with E-state index in [0.29, 0.717) is 21.8 Å². The summed E-state index contributed by atoms with van der Waals surface area (Å²) in [6.45, 7) is 0. The molecular formula is C13H8Cl2N2O. The van der Waals surface area contributed by atoms with Gasteiger partial charge in [0.1, 0.15) is 0 Å². The fraction of sp³-hybridized carbons (Fsp3) is 0. The zero-order valence-corrected chi connectivity index (χ0v) is 10.7. The van der Waals surface area contributed by atoms with Crippen molar-refractivity contribution in [3.8, 4) is 0 Å². The molecule has 0 aromatic heterocycles. The molecule has 0 N–H and O–H groups in total. The molecule has 90 valence electrons. The van der Waals surface area contributed by atoms with Crippen molar-refractivity contribution < 1.29 is 4.79 Å². The molecule has 2 aromatic rings. The smallest absolute Gasteiger partial charge is 0.195 e. The molecule has 0 saturated carbocycles. The molecule has 0 aliphatic rings. The minimum atomic E-state index is -0.169. The molecule has 0 atom stereocenters. The Labute approximate surface area is 114 Å². The summed E-state index contributed by atoms with van der Waals surface area (Å²) in [5.74, 6) is -0.169. The van der Waals surface area contributed by atoms with Crippen LogP contribution in [0.25, 0.3) is 0 Å². The predicted octanol–water partition coefficient (Wildman–Crippen LogP) is 4.81. The van der Waals surface area contributed by atoms with Crippen LogP contribution in [0.5, 0.6) is 0 Å². The van der Waals surface area contributed by atoms with Crippen LogP contribution in [0.1, 0.15) is 15.9 Å². The van der Waals surface area contributed by atoms with E-state index in [0.717, 1.165) is 0 Å². The van der Waals surface area contributed by atoms with Gasteiger partial charge in [-0.3, -0.25) is 4.79 Å². The molecule has 0 fully saturated rings. The fourth-order valence-electron chi connectivity index (χ4n) is 1.56. The second-order valence-electron chi connectivity index (χ2n) is 3.53. The van der Waals surface area contributed by atoms with Gasteiger partial charge in [0.15, 0.2) is 5.78 Å². The topological polar surface area (TPSA) is 41.8 Å². The van der Waals surface area contributed by atoms with Crippen molar-refractivity contribution >= 4 is 34.8 Å². The Hall–Kier alpha value is -1.71. The summed E-state index contributed by atoms with van der Waals surface area (Å²) in [5.41, 5.74) is 1.33. The first-order chi connectivity index (χ1) is 8.72. The second kappa shape index (κ2) is 5.76. The Bertz CT molecular complexity index is 597. The number of carbonyl (C=O) groups excluding carboxylic acids is 1. The third-order valence-electron chi connectivity index (χ3n) is 2.38. The molecule has 0 spiro atoms. The Morgan fingerprint density at radius 1 is 1.06 bits per heavy atom. The molecule has 0 unspecified atom stereocenters. The highest BCUT2D eigenvalue weighted by Crippen LogP contribution is 2.26. The van der Waals surface area contributed by atoms with E-state index < -0.39 is 0 Å². The molecule has 0 bridgehead atoms. The minimum Gasteiger partial charge on any atom is -0.289 e. The van der Waals surface area contributed by atoms with E-state index in [1.54, 1.807) is 42.5 Å². The van der Waals surface area contributed by atoms with Crippen LogP contribution in [-0.2, 0) is 0 Å². The van der Waals surface area contributed by atoms with Crippen LogP contribution < -0.4 is 0 Å². The zero-order valence-electron chi connectivity index (χ0n) is 9.18. The van der Waals surface area contributed by atoms with Crippen molar-refractivity contribution in [3.05, 3.63) is 64.7 Å². The Morgan fingerprint density at radius 2 is 1.78 bits per heavy atom. The predicted molar refractivity (Wildman–Crippen MR) is 71.7 cm³/mol. The van der Waals surface area contributed by atoms with Gasteiger partial charge in [-0.15, -0.1) is 5.11 Å². The van der Waals surface area contributed by atoms with E-state index in [9.17, 15) is 4.79 Å². The Morgan fingerprint density at radius 3 is 2.44 bits per heavy atom. The SMILES string of the molecule is O=C(c1ccccc1)c1cc(Cl)ccc1/N=N/Cl. The summed E-state index contributed by atoms with van der Waals surface area (Å²) in [6, 6.07) is 13.7. The molecule has 0 aliphatic carbocycles. The fourth-order valence-corrected chi connectivity index (χ4v) is 1.82. The highest BCUT2D eigenvalue weighted by Gasteiger charge is 2.14. The first-order valence-electron chi connectivity index (χ1n) is 5.13. The molecule has 0 amide bonds. The molecule has 3 nitrogen and oxygen atoms in total. The van der Waals surface area contributed by atoms with E-state index in [1.165, 1.54) is 0 Å². The molecule has 0 radical (unpaired) electrons. The van der Waals surface area contributed by atoms with Crippen LogP contribution in [0.15, 0.2) is 58.3 Å².